The minimum atomic E-state index is -0.491. The Kier molecular flexibility index (Phi) is 3.53. The van der Waals surface area contributed by atoms with Crippen molar-refractivity contribution in [2.24, 2.45) is 0 Å². The second-order valence-electron chi connectivity index (χ2n) is 3.52. The van der Waals surface area contributed by atoms with E-state index in [9.17, 15) is 9.18 Å². The highest BCUT2D eigenvalue weighted by Crippen LogP contribution is 2.25. The number of aryl methyl sites for hydroxylation is 1. The molecule has 17 heavy (non-hydrogen) atoms. The van der Waals surface area contributed by atoms with Crippen LogP contribution in [0.3, 0.4) is 0 Å². The molecule has 0 unspecified atom stereocenters. The van der Waals surface area contributed by atoms with Crippen LogP contribution >= 0.6 is 27.7 Å². The molecule has 0 saturated heterocycles. The number of hydrogen-bond donors (Lipinski definition) is 1. The van der Waals surface area contributed by atoms with Crippen molar-refractivity contribution >= 4 is 38.6 Å². The molecule has 6 heteroatoms. The Morgan fingerprint density at radius 2 is 2.29 bits per heavy atom. The lowest BCUT2D eigenvalue weighted by Gasteiger charge is -2.06. The van der Waals surface area contributed by atoms with Gasteiger partial charge in [-0.05, 0) is 40.2 Å². The molecule has 0 saturated carbocycles. The zero-order valence-corrected chi connectivity index (χ0v) is 11.7. The first-order chi connectivity index (χ1) is 8.04. The molecule has 0 bridgehead atoms. The molecule has 0 radical (unpaired) electrons. The summed E-state index contributed by atoms with van der Waals surface area (Å²) in [6.07, 6.45) is 0. The molecular formula is C11H10BrFN2OS. The molecule has 3 nitrogen and oxygen atoms in total. The Hall–Kier alpha value is -0.880. The fourth-order valence-corrected chi connectivity index (χ4v) is 2.75. The largest absolute Gasteiger partial charge is 0.301 e. The van der Waals surface area contributed by atoms with Gasteiger partial charge in [-0.25, -0.2) is 9.37 Å². The van der Waals surface area contributed by atoms with Gasteiger partial charge in [0.25, 0.3) is 5.56 Å². The third-order valence-electron chi connectivity index (χ3n) is 2.33. The standard InChI is InChI=1S/C11H10BrFN2OS/c1-3-17-11-14-9-7(10(16)15-11)5(2)4-6(12)8(9)13/h4H,3H2,1-2H3,(H,14,15,16). The predicted octanol–water partition coefficient (Wildman–Crippen LogP) is 3.25. The fourth-order valence-electron chi connectivity index (χ4n) is 1.62. The summed E-state index contributed by atoms with van der Waals surface area (Å²) in [5, 5.41) is 0.757. The topological polar surface area (TPSA) is 45.8 Å². The lowest BCUT2D eigenvalue weighted by molar-refractivity contribution is 0.627. The zero-order chi connectivity index (χ0) is 12.6. The lowest BCUT2D eigenvalue weighted by atomic mass is 10.1. The van der Waals surface area contributed by atoms with Gasteiger partial charge in [0.2, 0.25) is 0 Å². The van der Waals surface area contributed by atoms with E-state index in [4.69, 9.17) is 0 Å². The average molecular weight is 317 g/mol. The fraction of sp³-hybridized carbons (Fsp3) is 0.273. The Labute approximate surface area is 110 Å². The molecular weight excluding hydrogens is 307 g/mol. The van der Waals surface area contributed by atoms with E-state index >= 15 is 0 Å². The molecule has 90 valence electrons. The second kappa shape index (κ2) is 4.78. The van der Waals surface area contributed by atoms with Crippen LogP contribution in [0.5, 0.6) is 0 Å². The van der Waals surface area contributed by atoms with E-state index < -0.39 is 5.82 Å². The van der Waals surface area contributed by atoms with E-state index in [1.54, 1.807) is 13.0 Å². The van der Waals surface area contributed by atoms with Crippen LogP contribution in [0.4, 0.5) is 4.39 Å². The summed E-state index contributed by atoms with van der Waals surface area (Å²) in [6.45, 7) is 3.70. The molecule has 1 aromatic carbocycles. The number of nitrogens with one attached hydrogen (secondary N) is 1. The molecule has 1 heterocycles. The Morgan fingerprint density at radius 1 is 1.59 bits per heavy atom. The van der Waals surface area contributed by atoms with Gasteiger partial charge in [0.05, 0.1) is 9.86 Å². The number of hydrogen-bond acceptors (Lipinski definition) is 3. The van der Waals surface area contributed by atoms with Gasteiger partial charge in [0, 0.05) is 0 Å². The summed E-state index contributed by atoms with van der Waals surface area (Å²) in [5.41, 5.74) is 0.529. The predicted molar refractivity (Wildman–Crippen MR) is 71.2 cm³/mol. The van der Waals surface area contributed by atoms with Crippen LogP contribution in [0, 0.1) is 12.7 Å². The minimum Gasteiger partial charge on any atom is -0.301 e. The monoisotopic (exact) mass is 316 g/mol. The molecule has 0 aliphatic heterocycles. The summed E-state index contributed by atoms with van der Waals surface area (Å²) in [6, 6.07) is 1.58. The summed E-state index contributed by atoms with van der Waals surface area (Å²) in [5.74, 6) is 0.276. The number of fused-ring (bicyclic) bond motifs is 1. The molecule has 2 aromatic rings. The van der Waals surface area contributed by atoms with Gasteiger partial charge in [-0.3, -0.25) is 4.79 Å². The van der Waals surface area contributed by atoms with Gasteiger partial charge < -0.3 is 4.98 Å². The SMILES string of the molecule is CCSc1nc2c(F)c(Br)cc(C)c2c(=O)[nH]1. The van der Waals surface area contributed by atoms with Crippen molar-refractivity contribution in [1.29, 1.82) is 0 Å². The Balaban J connectivity index is 2.86. The highest BCUT2D eigenvalue weighted by molar-refractivity contribution is 9.10. The smallest absolute Gasteiger partial charge is 0.259 e. The Bertz CT molecular complexity index is 641. The summed E-state index contributed by atoms with van der Waals surface area (Å²) >= 11 is 4.50. The maximum Gasteiger partial charge on any atom is 0.259 e. The zero-order valence-electron chi connectivity index (χ0n) is 9.30. The maximum atomic E-state index is 13.9. The lowest BCUT2D eigenvalue weighted by Crippen LogP contribution is -2.11. The Morgan fingerprint density at radius 3 is 2.94 bits per heavy atom. The van der Waals surface area contributed by atoms with Gasteiger partial charge in [-0.2, -0.15) is 0 Å². The number of H-pyrrole nitrogens is 1. The highest BCUT2D eigenvalue weighted by atomic mass is 79.9. The third-order valence-corrected chi connectivity index (χ3v) is 3.67. The van der Waals surface area contributed by atoms with Crippen LogP contribution in [0.1, 0.15) is 12.5 Å². The van der Waals surface area contributed by atoms with Gasteiger partial charge in [0.1, 0.15) is 5.52 Å². The van der Waals surface area contributed by atoms with Crippen LogP contribution in [-0.2, 0) is 0 Å². The molecule has 1 N–H and O–H groups in total. The van der Waals surface area contributed by atoms with E-state index in [-0.39, 0.29) is 11.1 Å². The first kappa shape index (κ1) is 12.6. The van der Waals surface area contributed by atoms with E-state index in [2.05, 4.69) is 25.9 Å². The number of thioether (sulfide) groups is 1. The number of aromatic amines is 1. The van der Waals surface area contributed by atoms with Crippen molar-refractivity contribution in [3.63, 3.8) is 0 Å². The molecule has 0 amide bonds. The second-order valence-corrected chi connectivity index (χ2v) is 5.62. The van der Waals surface area contributed by atoms with Crippen molar-refractivity contribution in [2.45, 2.75) is 19.0 Å². The summed E-state index contributed by atoms with van der Waals surface area (Å²) in [4.78, 5) is 18.7. The van der Waals surface area contributed by atoms with Gasteiger partial charge in [-0.1, -0.05) is 18.7 Å². The summed E-state index contributed by atoms with van der Waals surface area (Å²) < 4.78 is 14.2. The van der Waals surface area contributed by atoms with E-state index in [1.807, 2.05) is 6.92 Å². The van der Waals surface area contributed by atoms with Crippen molar-refractivity contribution in [2.75, 3.05) is 5.75 Å². The quantitative estimate of drug-likeness (QED) is 0.683. The number of nitrogens with zero attached hydrogens (tertiary/aromatic N) is 1. The normalized spacial score (nSPS) is 11.1. The molecule has 0 atom stereocenters. The molecule has 0 spiro atoms. The first-order valence-electron chi connectivity index (χ1n) is 5.06. The maximum absolute atomic E-state index is 13.9. The van der Waals surface area contributed by atoms with Crippen molar-refractivity contribution < 1.29 is 4.39 Å². The van der Waals surface area contributed by atoms with Crippen LogP contribution in [0.15, 0.2) is 20.5 Å². The van der Waals surface area contributed by atoms with Gasteiger partial charge in [0.15, 0.2) is 11.0 Å². The first-order valence-corrected chi connectivity index (χ1v) is 6.84. The molecule has 2 rings (SSSR count). The third kappa shape index (κ3) is 2.24. The molecule has 1 aromatic heterocycles. The number of benzene rings is 1. The minimum absolute atomic E-state index is 0.122. The van der Waals surface area contributed by atoms with Crippen molar-refractivity contribution in [3.8, 4) is 0 Å². The van der Waals surface area contributed by atoms with Crippen LogP contribution in [0.25, 0.3) is 10.9 Å². The average Bonchev–Trinajstić information content (AvgIpc) is 2.25. The number of aromatic nitrogens is 2. The van der Waals surface area contributed by atoms with Gasteiger partial charge >= 0.3 is 0 Å². The number of halogens is 2. The van der Waals surface area contributed by atoms with Crippen LogP contribution < -0.4 is 5.56 Å². The number of rotatable bonds is 2. The van der Waals surface area contributed by atoms with Crippen LogP contribution in [0.2, 0.25) is 0 Å². The summed E-state index contributed by atoms with van der Waals surface area (Å²) in [7, 11) is 0. The molecule has 0 aliphatic rings. The van der Waals surface area contributed by atoms with Gasteiger partial charge in [-0.15, -0.1) is 0 Å². The van der Waals surface area contributed by atoms with E-state index in [0.29, 0.717) is 20.6 Å². The van der Waals surface area contributed by atoms with E-state index in [0.717, 1.165) is 5.75 Å². The van der Waals surface area contributed by atoms with E-state index in [1.165, 1.54) is 11.8 Å². The molecule has 0 fully saturated rings. The van der Waals surface area contributed by atoms with Crippen molar-refractivity contribution in [1.82, 2.24) is 9.97 Å². The van der Waals surface area contributed by atoms with Crippen molar-refractivity contribution in [3.05, 3.63) is 32.3 Å². The van der Waals surface area contributed by atoms with Crippen LogP contribution in [-0.4, -0.2) is 15.7 Å². The highest BCUT2D eigenvalue weighted by Gasteiger charge is 2.14. The molecule has 0 aliphatic carbocycles.